The van der Waals surface area contributed by atoms with Gasteiger partial charge in [-0.1, -0.05) is 13.3 Å². The number of rotatable bonds is 7. The number of hydrogen-bond donors (Lipinski definition) is 1. The molecule has 0 aliphatic rings. The van der Waals surface area contributed by atoms with Gasteiger partial charge in [0.2, 0.25) is 0 Å². The van der Waals surface area contributed by atoms with Gasteiger partial charge >= 0.3 is 0 Å². The number of imidazole rings is 1. The van der Waals surface area contributed by atoms with Gasteiger partial charge in [0.1, 0.15) is 5.82 Å². The summed E-state index contributed by atoms with van der Waals surface area (Å²) in [6.45, 7) is 4.25. The molecule has 0 bridgehead atoms. The molecular weight excluding hydrogens is 218 g/mol. The quantitative estimate of drug-likeness (QED) is 0.739. The van der Waals surface area contributed by atoms with Gasteiger partial charge in [-0.05, 0) is 25.1 Å². The molecule has 0 N–H and O–H groups in total. The molecule has 0 saturated carbocycles. The molecule has 16 heavy (non-hydrogen) atoms. The van der Waals surface area contributed by atoms with Gasteiger partial charge < -0.3 is 4.57 Å². The highest BCUT2D eigenvalue weighted by molar-refractivity contribution is 7.80. The second-order valence-corrected chi connectivity index (χ2v) is 4.85. The van der Waals surface area contributed by atoms with Crippen molar-refractivity contribution in [3.8, 4) is 0 Å². The van der Waals surface area contributed by atoms with Crippen LogP contribution >= 0.6 is 12.6 Å². The lowest BCUT2D eigenvalue weighted by Crippen LogP contribution is -2.27. The summed E-state index contributed by atoms with van der Waals surface area (Å²) in [5, 5.41) is 0. The van der Waals surface area contributed by atoms with Crippen LogP contribution in [0.3, 0.4) is 0 Å². The first kappa shape index (κ1) is 13.6. The maximum absolute atomic E-state index is 4.41. The zero-order valence-electron chi connectivity index (χ0n) is 10.6. The van der Waals surface area contributed by atoms with Crippen LogP contribution in [-0.2, 0) is 13.6 Å². The van der Waals surface area contributed by atoms with Crippen LogP contribution in [0.25, 0.3) is 0 Å². The second-order valence-electron chi connectivity index (χ2n) is 4.49. The summed E-state index contributed by atoms with van der Waals surface area (Å²) >= 11 is 4.41. The summed E-state index contributed by atoms with van der Waals surface area (Å²) < 4.78 is 2.08. The first-order valence-electron chi connectivity index (χ1n) is 5.93. The second kappa shape index (κ2) is 6.97. The Morgan fingerprint density at radius 1 is 1.56 bits per heavy atom. The average molecular weight is 241 g/mol. The molecule has 92 valence electrons. The molecule has 1 atom stereocenters. The van der Waals surface area contributed by atoms with E-state index < -0.39 is 0 Å². The predicted octanol–water partition coefficient (Wildman–Crippen LogP) is 2.20. The molecule has 0 saturated heterocycles. The predicted molar refractivity (Wildman–Crippen MR) is 71.8 cm³/mol. The van der Waals surface area contributed by atoms with Gasteiger partial charge in [0, 0.05) is 26.0 Å². The minimum absolute atomic E-state index is 0.693. The molecule has 1 rings (SSSR count). The van der Waals surface area contributed by atoms with Crippen molar-refractivity contribution in [1.29, 1.82) is 0 Å². The largest absolute Gasteiger partial charge is 0.337 e. The molecule has 0 fully saturated rings. The lowest BCUT2D eigenvalue weighted by molar-refractivity contribution is 0.265. The van der Waals surface area contributed by atoms with Crippen LogP contribution in [0.1, 0.15) is 25.6 Å². The Morgan fingerprint density at radius 2 is 2.31 bits per heavy atom. The van der Waals surface area contributed by atoms with Crippen molar-refractivity contribution in [2.75, 3.05) is 19.3 Å². The van der Waals surface area contributed by atoms with Crippen LogP contribution in [0.5, 0.6) is 0 Å². The molecule has 3 nitrogen and oxygen atoms in total. The van der Waals surface area contributed by atoms with Gasteiger partial charge in [0.25, 0.3) is 0 Å². The molecule has 0 aliphatic carbocycles. The van der Waals surface area contributed by atoms with E-state index in [-0.39, 0.29) is 0 Å². The number of aromatic nitrogens is 2. The molecule has 1 aromatic rings. The topological polar surface area (TPSA) is 21.1 Å². The molecule has 0 spiro atoms. The Morgan fingerprint density at radius 3 is 2.81 bits per heavy atom. The fourth-order valence-electron chi connectivity index (χ4n) is 1.94. The fraction of sp³-hybridized carbons (Fsp3) is 0.750. The number of aryl methyl sites for hydroxylation is 1. The minimum Gasteiger partial charge on any atom is -0.337 e. The molecule has 0 radical (unpaired) electrons. The van der Waals surface area contributed by atoms with Crippen molar-refractivity contribution in [3.05, 3.63) is 18.2 Å². The Kier molecular flexibility index (Phi) is 5.91. The summed E-state index contributed by atoms with van der Waals surface area (Å²) in [7, 11) is 4.19. The molecule has 0 aromatic carbocycles. The third-order valence-electron chi connectivity index (χ3n) is 2.86. The number of thiol groups is 1. The summed E-state index contributed by atoms with van der Waals surface area (Å²) in [5.74, 6) is 2.79. The van der Waals surface area contributed by atoms with E-state index in [1.54, 1.807) is 0 Å². The van der Waals surface area contributed by atoms with E-state index in [0.717, 1.165) is 24.7 Å². The first-order chi connectivity index (χ1) is 7.67. The normalized spacial score (nSPS) is 13.3. The lowest BCUT2D eigenvalue weighted by Gasteiger charge is -2.22. The van der Waals surface area contributed by atoms with E-state index in [0.29, 0.717) is 5.92 Å². The van der Waals surface area contributed by atoms with Crippen molar-refractivity contribution in [2.24, 2.45) is 13.0 Å². The monoisotopic (exact) mass is 241 g/mol. The smallest absolute Gasteiger partial charge is 0.122 e. The van der Waals surface area contributed by atoms with Gasteiger partial charge in [-0.25, -0.2) is 4.98 Å². The van der Waals surface area contributed by atoms with E-state index >= 15 is 0 Å². The van der Waals surface area contributed by atoms with Crippen LogP contribution in [0.2, 0.25) is 0 Å². The zero-order chi connectivity index (χ0) is 12.0. The Hall–Kier alpha value is -0.480. The number of nitrogens with zero attached hydrogens (tertiary/aromatic N) is 3. The van der Waals surface area contributed by atoms with E-state index in [9.17, 15) is 0 Å². The molecule has 1 heterocycles. The molecule has 4 heteroatoms. The Balaban J connectivity index is 2.40. The summed E-state index contributed by atoms with van der Waals surface area (Å²) in [4.78, 5) is 6.67. The highest BCUT2D eigenvalue weighted by Gasteiger charge is 2.11. The Bertz CT molecular complexity index is 298. The summed E-state index contributed by atoms with van der Waals surface area (Å²) in [5.41, 5.74) is 0. The van der Waals surface area contributed by atoms with E-state index in [1.807, 2.05) is 19.4 Å². The third kappa shape index (κ3) is 4.18. The molecule has 0 amide bonds. The van der Waals surface area contributed by atoms with Crippen LogP contribution in [0.15, 0.2) is 12.4 Å². The van der Waals surface area contributed by atoms with Crippen molar-refractivity contribution >= 4 is 12.6 Å². The van der Waals surface area contributed by atoms with E-state index in [1.165, 1.54) is 12.8 Å². The molecular formula is C12H23N3S. The maximum atomic E-state index is 4.41. The van der Waals surface area contributed by atoms with Gasteiger partial charge in [-0.2, -0.15) is 12.6 Å². The van der Waals surface area contributed by atoms with E-state index in [2.05, 4.69) is 41.1 Å². The van der Waals surface area contributed by atoms with Crippen LogP contribution in [-0.4, -0.2) is 33.8 Å². The minimum atomic E-state index is 0.693. The molecule has 1 unspecified atom stereocenters. The maximum Gasteiger partial charge on any atom is 0.122 e. The first-order valence-corrected chi connectivity index (χ1v) is 6.56. The van der Waals surface area contributed by atoms with Crippen LogP contribution in [0, 0.1) is 5.92 Å². The fourth-order valence-corrected chi connectivity index (χ4v) is 2.24. The van der Waals surface area contributed by atoms with Crippen molar-refractivity contribution in [1.82, 2.24) is 14.5 Å². The number of hydrogen-bond acceptors (Lipinski definition) is 3. The van der Waals surface area contributed by atoms with Crippen LogP contribution < -0.4 is 0 Å². The summed E-state index contributed by atoms with van der Waals surface area (Å²) in [6, 6.07) is 0. The highest BCUT2D eigenvalue weighted by Crippen LogP contribution is 2.11. The van der Waals surface area contributed by atoms with Crippen molar-refractivity contribution < 1.29 is 0 Å². The lowest BCUT2D eigenvalue weighted by atomic mass is 10.1. The summed E-state index contributed by atoms with van der Waals surface area (Å²) in [6.07, 6.45) is 6.34. The standard InChI is InChI=1S/C12H23N3S/c1-4-5-11(10-16)8-14(2)9-12-13-6-7-15(12)3/h6-7,11,16H,4-5,8-10H2,1-3H3. The van der Waals surface area contributed by atoms with Gasteiger partial charge in [-0.15, -0.1) is 0 Å². The molecule has 0 aliphatic heterocycles. The van der Waals surface area contributed by atoms with Gasteiger partial charge in [0.05, 0.1) is 6.54 Å². The zero-order valence-corrected chi connectivity index (χ0v) is 11.5. The average Bonchev–Trinajstić information content (AvgIpc) is 2.64. The third-order valence-corrected chi connectivity index (χ3v) is 3.37. The van der Waals surface area contributed by atoms with Crippen molar-refractivity contribution in [2.45, 2.75) is 26.3 Å². The SMILES string of the molecule is CCCC(CS)CN(C)Cc1nccn1C. The highest BCUT2D eigenvalue weighted by atomic mass is 32.1. The van der Waals surface area contributed by atoms with Gasteiger partial charge in [0.15, 0.2) is 0 Å². The van der Waals surface area contributed by atoms with Gasteiger partial charge in [-0.3, -0.25) is 4.90 Å². The molecule has 1 aromatic heterocycles. The van der Waals surface area contributed by atoms with Crippen LogP contribution in [0.4, 0.5) is 0 Å². The van der Waals surface area contributed by atoms with Crippen molar-refractivity contribution in [3.63, 3.8) is 0 Å². The van der Waals surface area contributed by atoms with E-state index in [4.69, 9.17) is 0 Å². The Labute approximate surface area is 104 Å².